The van der Waals surface area contributed by atoms with Crippen molar-refractivity contribution < 1.29 is 5.11 Å². The van der Waals surface area contributed by atoms with Gasteiger partial charge < -0.3 is 5.11 Å². The fraction of sp³-hybridized carbons (Fsp3) is 0.556. The number of hydrogen-bond acceptors (Lipinski definition) is 4. The van der Waals surface area contributed by atoms with E-state index in [1.54, 1.807) is 0 Å². The molecule has 0 unspecified atom stereocenters. The molecule has 1 fully saturated rings. The van der Waals surface area contributed by atoms with E-state index in [-0.39, 0.29) is 6.10 Å². The zero-order valence-corrected chi connectivity index (χ0v) is 13.8. The Kier molecular flexibility index (Phi) is 5.41. The van der Waals surface area contributed by atoms with Crippen LogP contribution in [-0.4, -0.2) is 44.4 Å². The summed E-state index contributed by atoms with van der Waals surface area (Å²) >= 11 is 0. The predicted molar refractivity (Wildman–Crippen MR) is 89.9 cm³/mol. The quantitative estimate of drug-likeness (QED) is 0.858. The maximum absolute atomic E-state index is 10.5. The summed E-state index contributed by atoms with van der Waals surface area (Å²) in [6.07, 6.45) is 3.47. The van der Waals surface area contributed by atoms with E-state index in [1.807, 2.05) is 18.2 Å². The molecule has 1 aliphatic rings. The minimum Gasteiger partial charge on any atom is -0.392 e. The van der Waals surface area contributed by atoms with Gasteiger partial charge in [0.1, 0.15) is 11.6 Å². The van der Waals surface area contributed by atoms with Crippen LogP contribution in [0.1, 0.15) is 37.0 Å². The number of nitrogens with zero attached hydrogens (tertiary/aromatic N) is 3. The topological polar surface area (TPSA) is 65.0 Å². The van der Waals surface area contributed by atoms with Gasteiger partial charge in [0.15, 0.2) is 0 Å². The molecule has 0 spiro atoms. The molecule has 0 radical (unpaired) electrons. The Balaban J connectivity index is 1.46. The monoisotopic (exact) mass is 314 g/mol. The molecule has 1 saturated heterocycles. The summed E-state index contributed by atoms with van der Waals surface area (Å²) in [5.74, 6) is 2.23. The third kappa shape index (κ3) is 4.39. The first kappa shape index (κ1) is 16.1. The van der Waals surface area contributed by atoms with Crippen molar-refractivity contribution in [2.45, 2.75) is 45.3 Å². The van der Waals surface area contributed by atoms with Crippen LogP contribution >= 0.6 is 0 Å². The molecule has 0 saturated carbocycles. The average Bonchev–Trinajstić information content (AvgIpc) is 3.04. The van der Waals surface area contributed by atoms with E-state index in [2.05, 4.69) is 39.1 Å². The summed E-state index contributed by atoms with van der Waals surface area (Å²) in [4.78, 5) is 6.87. The van der Waals surface area contributed by atoms with Gasteiger partial charge in [-0.2, -0.15) is 5.10 Å². The third-order valence-electron chi connectivity index (χ3n) is 4.73. The first-order valence-electron chi connectivity index (χ1n) is 8.59. The van der Waals surface area contributed by atoms with Crippen LogP contribution in [-0.2, 0) is 19.4 Å². The second kappa shape index (κ2) is 7.70. The van der Waals surface area contributed by atoms with Crippen LogP contribution < -0.4 is 0 Å². The average molecular weight is 314 g/mol. The lowest BCUT2D eigenvalue weighted by Gasteiger charge is -2.33. The highest BCUT2D eigenvalue weighted by Gasteiger charge is 2.25. The SMILES string of the molecule is CCc1n[nH]c(CN2CCC([C@@H](O)Cc3ccccc3)CC2)n1. The Morgan fingerprint density at radius 1 is 1.26 bits per heavy atom. The number of aromatic nitrogens is 3. The summed E-state index contributed by atoms with van der Waals surface area (Å²) in [5.41, 5.74) is 1.22. The lowest BCUT2D eigenvalue weighted by atomic mass is 9.88. The number of likely N-dealkylation sites (tertiary alicyclic amines) is 1. The van der Waals surface area contributed by atoms with Gasteiger partial charge in [0, 0.05) is 6.42 Å². The van der Waals surface area contributed by atoms with Gasteiger partial charge in [-0.25, -0.2) is 4.98 Å². The molecule has 5 heteroatoms. The van der Waals surface area contributed by atoms with Crippen LogP contribution in [0, 0.1) is 5.92 Å². The number of benzene rings is 1. The number of aliphatic hydroxyl groups excluding tert-OH is 1. The molecule has 2 heterocycles. The Morgan fingerprint density at radius 2 is 2.00 bits per heavy atom. The van der Waals surface area contributed by atoms with Gasteiger partial charge in [0.25, 0.3) is 0 Å². The molecule has 23 heavy (non-hydrogen) atoms. The normalized spacial score (nSPS) is 18.2. The molecule has 124 valence electrons. The van der Waals surface area contributed by atoms with E-state index in [9.17, 15) is 5.11 Å². The molecular weight excluding hydrogens is 288 g/mol. The minimum atomic E-state index is -0.239. The first-order valence-corrected chi connectivity index (χ1v) is 8.59. The van der Waals surface area contributed by atoms with E-state index in [0.29, 0.717) is 5.92 Å². The lowest BCUT2D eigenvalue weighted by molar-refractivity contribution is 0.0569. The fourth-order valence-corrected chi connectivity index (χ4v) is 3.29. The number of nitrogens with one attached hydrogen (secondary N) is 1. The van der Waals surface area contributed by atoms with Crippen molar-refractivity contribution in [2.24, 2.45) is 5.92 Å². The molecular formula is C18H26N4O. The molecule has 1 aliphatic heterocycles. The van der Waals surface area contributed by atoms with Gasteiger partial charge in [0.05, 0.1) is 12.6 Å². The van der Waals surface area contributed by atoms with E-state index >= 15 is 0 Å². The highest BCUT2D eigenvalue weighted by molar-refractivity contribution is 5.15. The summed E-state index contributed by atoms with van der Waals surface area (Å²) in [6, 6.07) is 10.3. The fourth-order valence-electron chi connectivity index (χ4n) is 3.29. The van der Waals surface area contributed by atoms with Crippen molar-refractivity contribution >= 4 is 0 Å². The zero-order valence-electron chi connectivity index (χ0n) is 13.8. The van der Waals surface area contributed by atoms with Crippen molar-refractivity contribution in [1.29, 1.82) is 0 Å². The van der Waals surface area contributed by atoms with E-state index in [4.69, 9.17) is 0 Å². The molecule has 2 N–H and O–H groups in total. The summed E-state index contributed by atoms with van der Waals surface area (Å²) in [7, 11) is 0. The number of H-pyrrole nitrogens is 1. The van der Waals surface area contributed by atoms with Crippen molar-refractivity contribution in [1.82, 2.24) is 20.1 Å². The zero-order chi connectivity index (χ0) is 16.1. The van der Waals surface area contributed by atoms with Crippen LogP contribution in [0.25, 0.3) is 0 Å². The highest BCUT2D eigenvalue weighted by atomic mass is 16.3. The van der Waals surface area contributed by atoms with Crippen LogP contribution in [0.2, 0.25) is 0 Å². The number of piperidine rings is 1. The van der Waals surface area contributed by atoms with E-state index < -0.39 is 0 Å². The van der Waals surface area contributed by atoms with Crippen LogP contribution in [0.3, 0.4) is 0 Å². The Morgan fingerprint density at radius 3 is 2.65 bits per heavy atom. The number of aryl methyl sites for hydroxylation is 1. The van der Waals surface area contributed by atoms with Crippen molar-refractivity contribution in [3.8, 4) is 0 Å². The van der Waals surface area contributed by atoms with Gasteiger partial charge in [-0.05, 0) is 43.8 Å². The largest absolute Gasteiger partial charge is 0.392 e. The van der Waals surface area contributed by atoms with E-state index in [1.165, 1.54) is 5.56 Å². The Labute approximate surface area is 137 Å². The summed E-state index contributed by atoms with van der Waals surface area (Å²) in [5, 5.41) is 17.7. The number of aromatic amines is 1. The number of hydrogen-bond donors (Lipinski definition) is 2. The van der Waals surface area contributed by atoms with E-state index in [0.717, 1.165) is 57.0 Å². The number of rotatable bonds is 6. The molecule has 1 aromatic carbocycles. The van der Waals surface area contributed by atoms with Gasteiger partial charge >= 0.3 is 0 Å². The smallest absolute Gasteiger partial charge is 0.150 e. The van der Waals surface area contributed by atoms with Crippen LogP contribution in [0.4, 0.5) is 0 Å². The molecule has 3 rings (SSSR count). The lowest BCUT2D eigenvalue weighted by Crippen LogP contribution is -2.38. The summed E-state index contributed by atoms with van der Waals surface area (Å²) in [6.45, 7) is 4.92. The Hall–Kier alpha value is -1.72. The molecule has 1 aromatic heterocycles. The van der Waals surface area contributed by atoms with Crippen molar-refractivity contribution in [3.63, 3.8) is 0 Å². The molecule has 1 atom stereocenters. The molecule has 5 nitrogen and oxygen atoms in total. The molecule has 2 aromatic rings. The highest BCUT2D eigenvalue weighted by Crippen LogP contribution is 2.23. The molecule has 0 amide bonds. The van der Waals surface area contributed by atoms with Gasteiger partial charge in [-0.15, -0.1) is 0 Å². The summed E-state index contributed by atoms with van der Waals surface area (Å²) < 4.78 is 0. The maximum Gasteiger partial charge on any atom is 0.150 e. The van der Waals surface area contributed by atoms with Crippen molar-refractivity contribution in [2.75, 3.05) is 13.1 Å². The predicted octanol–water partition coefficient (Wildman–Crippen LogP) is 2.18. The maximum atomic E-state index is 10.5. The molecule has 0 bridgehead atoms. The van der Waals surface area contributed by atoms with Crippen LogP contribution in [0.5, 0.6) is 0 Å². The third-order valence-corrected chi connectivity index (χ3v) is 4.73. The van der Waals surface area contributed by atoms with Crippen LogP contribution in [0.15, 0.2) is 30.3 Å². The second-order valence-corrected chi connectivity index (χ2v) is 6.42. The molecule has 0 aliphatic carbocycles. The standard InChI is InChI=1S/C18H26N4O/c1-2-17-19-18(21-20-17)13-22-10-8-15(9-11-22)16(23)12-14-6-4-3-5-7-14/h3-7,15-16,23H,2,8-13H2,1H3,(H,19,20,21)/t16-/m0/s1. The minimum absolute atomic E-state index is 0.239. The Bertz CT molecular complexity index is 590. The van der Waals surface area contributed by atoms with Crippen molar-refractivity contribution in [3.05, 3.63) is 47.5 Å². The van der Waals surface area contributed by atoms with Gasteiger partial charge in [-0.1, -0.05) is 37.3 Å². The van der Waals surface area contributed by atoms with Gasteiger partial charge in [-0.3, -0.25) is 10.00 Å². The first-order chi connectivity index (χ1) is 11.2. The second-order valence-electron chi connectivity index (χ2n) is 6.42. The number of aliphatic hydroxyl groups is 1. The van der Waals surface area contributed by atoms with Gasteiger partial charge in [0.2, 0.25) is 0 Å².